The highest BCUT2D eigenvalue weighted by Gasteiger charge is 2.23. The predicted octanol–water partition coefficient (Wildman–Crippen LogP) is 0.683. The highest BCUT2D eigenvalue weighted by Crippen LogP contribution is 2.12. The SMILES string of the molecule is CNC1CCN(C(=O)CN2CCCCC2)CC1. The fourth-order valence-corrected chi connectivity index (χ4v) is 2.83. The smallest absolute Gasteiger partial charge is 0.236 e. The van der Waals surface area contributed by atoms with Crippen LogP contribution in [0.15, 0.2) is 0 Å². The lowest BCUT2D eigenvalue weighted by atomic mass is 10.1. The van der Waals surface area contributed by atoms with Crippen LogP contribution < -0.4 is 5.32 Å². The number of hydrogen-bond acceptors (Lipinski definition) is 3. The van der Waals surface area contributed by atoms with E-state index in [4.69, 9.17) is 0 Å². The number of piperidine rings is 2. The zero-order chi connectivity index (χ0) is 12.1. The maximum Gasteiger partial charge on any atom is 0.236 e. The molecule has 4 nitrogen and oxygen atoms in total. The lowest BCUT2D eigenvalue weighted by molar-refractivity contribution is -0.133. The first kappa shape index (κ1) is 12.8. The first-order chi connectivity index (χ1) is 8.29. The predicted molar refractivity (Wildman–Crippen MR) is 69.0 cm³/mol. The van der Waals surface area contributed by atoms with Gasteiger partial charge in [0.1, 0.15) is 0 Å². The number of hydrogen-bond donors (Lipinski definition) is 1. The Morgan fingerprint density at radius 2 is 1.76 bits per heavy atom. The van der Waals surface area contributed by atoms with Gasteiger partial charge < -0.3 is 10.2 Å². The molecule has 0 unspecified atom stereocenters. The van der Waals surface area contributed by atoms with Crippen molar-refractivity contribution in [3.8, 4) is 0 Å². The Balaban J connectivity index is 1.72. The fraction of sp³-hybridized carbons (Fsp3) is 0.923. The number of carbonyl (C=O) groups is 1. The van der Waals surface area contributed by atoms with Crippen LogP contribution in [0.25, 0.3) is 0 Å². The molecule has 1 amide bonds. The number of carbonyl (C=O) groups excluding carboxylic acids is 1. The molecule has 2 saturated heterocycles. The fourth-order valence-electron chi connectivity index (χ4n) is 2.83. The van der Waals surface area contributed by atoms with Gasteiger partial charge in [-0.2, -0.15) is 0 Å². The summed E-state index contributed by atoms with van der Waals surface area (Å²) in [6.07, 6.45) is 6.05. The molecule has 2 fully saturated rings. The van der Waals surface area contributed by atoms with Crippen molar-refractivity contribution in [2.75, 3.05) is 39.8 Å². The van der Waals surface area contributed by atoms with Gasteiger partial charge >= 0.3 is 0 Å². The Hall–Kier alpha value is -0.610. The van der Waals surface area contributed by atoms with E-state index < -0.39 is 0 Å². The monoisotopic (exact) mass is 239 g/mol. The Kier molecular flexibility index (Phi) is 4.80. The molecule has 0 aromatic carbocycles. The van der Waals surface area contributed by atoms with Gasteiger partial charge in [0.25, 0.3) is 0 Å². The number of likely N-dealkylation sites (tertiary alicyclic amines) is 2. The number of rotatable bonds is 3. The van der Waals surface area contributed by atoms with Gasteiger partial charge in [-0.15, -0.1) is 0 Å². The minimum Gasteiger partial charge on any atom is -0.341 e. The van der Waals surface area contributed by atoms with E-state index >= 15 is 0 Å². The molecule has 0 aliphatic carbocycles. The van der Waals surface area contributed by atoms with Crippen molar-refractivity contribution in [3.63, 3.8) is 0 Å². The summed E-state index contributed by atoms with van der Waals surface area (Å²) in [6.45, 7) is 4.72. The Labute approximate surface area is 104 Å². The van der Waals surface area contributed by atoms with E-state index in [9.17, 15) is 4.79 Å². The van der Waals surface area contributed by atoms with Gasteiger partial charge in [0.2, 0.25) is 5.91 Å². The van der Waals surface area contributed by atoms with Gasteiger partial charge in [0, 0.05) is 19.1 Å². The molecule has 0 aromatic rings. The summed E-state index contributed by atoms with van der Waals surface area (Å²) in [5.41, 5.74) is 0. The molecule has 2 aliphatic heterocycles. The van der Waals surface area contributed by atoms with Crippen molar-refractivity contribution in [3.05, 3.63) is 0 Å². The second kappa shape index (κ2) is 6.36. The Morgan fingerprint density at radius 3 is 2.35 bits per heavy atom. The minimum atomic E-state index is 0.335. The average molecular weight is 239 g/mol. The molecule has 1 N–H and O–H groups in total. The second-order valence-electron chi connectivity index (χ2n) is 5.28. The molecule has 2 heterocycles. The molecule has 2 aliphatic rings. The summed E-state index contributed by atoms with van der Waals surface area (Å²) < 4.78 is 0. The van der Waals surface area contributed by atoms with Gasteiger partial charge in [-0.05, 0) is 45.8 Å². The lowest BCUT2D eigenvalue weighted by Crippen LogP contribution is -2.48. The first-order valence-electron chi connectivity index (χ1n) is 6.97. The highest BCUT2D eigenvalue weighted by atomic mass is 16.2. The molecule has 0 atom stereocenters. The van der Waals surface area contributed by atoms with Crippen LogP contribution in [0, 0.1) is 0 Å². The van der Waals surface area contributed by atoms with Gasteiger partial charge in [0.05, 0.1) is 6.54 Å². The van der Waals surface area contributed by atoms with Crippen LogP contribution in [-0.4, -0.2) is 61.5 Å². The molecule has 2 rings (SSSR count). The van der Waals surface area contributed by atoms with Crippen LogP contribution in [0.5, 0.6) is 0 Å². The summed E-state index contributed by atoms with van der Waals surface area (Å²) in [5, 5.41) is 3.30. The van der Waals surface area contributed by atoms with Crippen molar-refractivity contribution < 1.29 is 4.79 Å². The molecular formula is C13H25N3O. The number of nitrogens with one attached hydrogen (secondary N) is 1. The molecule has 0 aromatic heterocycles. The second-order valence-corrected chi connectivity index (χ2v) is 5.28. The zero-order valence-electron chi connectivity index (χ0n) is 11.0. The van der Waals surface area contributed by atoms with E-state index in [-0.39, 0.29) is 0 Å². The first-order valence-corrected chi connectivity index (χ1v) is 6.97. The van der Waals surface area contributed by atoms with E-state index in [1.807, 2.05) is 11.9 Å². The molecular weight excluding hydrogens is 214 g/mol. The standard InChI is InChI=1S/C13H25N3O/c1-14-12-5-9-16(10-6-12)13(17)11-15-7-3-2-4-8-15/h12,14H,2-11H2,1H3. The minimum absolute atomic E-state index is 0.335. The maximum absolute atomic E-state index is 12.1. The van der Waals surface area contributed by atoms with Crippen molar-refractivity contribution in [1.29, 1.82) is 0 Å². The van der Waals surface area contributed by atoms with Gasteiger partial charge in [-0.25, -0.2) is 0 Å². The van der Waals surface area contributed by atoms with Crippen LogP contribution in [0.1, 0.15) is 32.1 Å². The molecule has 0 bridgehead atoms. The molecule has 0 spiro atoms. The summed E-state index contributed by atoms with van der Waals surface area (Å²) in [5.74, 6) is 0.335. The Bertz CT molecular complexity index is 243. The third-order valence-corrected chi connectivity index (χ3v) is 4.06. The summed E-state index contributed by atoms with van der Waals surface area (Å²) in [7, 11) is 2.01. The van der Waals surface area contributed by atoms with Crippen LogP contribution in [0.2, 0.25) is 0 Å². The maximum atomic E-state index is 12.1. The molecule has 0 radical (unpaired) electrons. The number of amides is 1. The van der Waals surface area contributed by atoms with Gasteiger partial charge in [-0.1, -0.05) is 6.42 Å². The molecule has 4 heteroatoms. The normalized spacial score (nSPS) is 23.9. The van der Waals surface area contributed by atoms with Crippen molar-refractivity contribution in [2.45, 2.75) is 38.1 Å². The zero-order valence-corrected chi connectivity index (χ0v) is 11.0. The Morgan fingerprint density at radius 1 is 1.12 bits per heavy atom. The van der Waals surface area contributed by atoms with E-state index in [2.05, 4.69) is 10.2 Å². The topological polar surface area (TPSA) is 35.6 Å². The third kappa shape index (κ3) is 3.68. The van der Waals surface area contributed by atoms with Crippen LogP contribution in [0.3, 0.4) is 0 Å². The third-order valence-electron chi connectivity index (χ3n) is 4.06. The van der Waals surface area contributed by atoms with Gasteiger partial charge in [0.15, 0.2) is 0 Å². The van der Waals surface area contributed by atoms with Crippen LogP contribution in [-0.2, 0) is 4.79 Å². The summed E-state index contributed by atoms with van der Waals surface area (Å²) in [6, 6.07) is 0.606. The van der Waals surface area contributed by atoms with Crippen molar-refractivity contribution in [2.24, 2.45) is 0 Å². The lowest BCUT2D eigenvalue weighted by Gasteiger charge is -2.34. The van der Waals surface area contributed by atoms with E-state index in [1.165, 1.54) is 19.3 Å². The van der Waals surface area contributed by atoms with Crippen LogP contribution in [0.4, 0.5) is 0 Å². The number of nitrogens with zero attached hydrogens (tertiary/aromatic N) is 2. The molecule has 17 heavy (non-hydrogen) atoms. The quantitative estimate of drug-likeness (QED) is 0.787. The highest BCUT2D eigenvalue weighted by molar-refractivity contribution is 5.78. The van der Waals surface area contributed by atoms with E-state index in [0.29, 0.717) is 18.5 Å². The van der Waals surface area contributed by atoms with Crippen LogP contribution >= 0.6 is 0 Å². The molecule has 98 valence electrons. The summed E-state index contributed by atoms with van der Waals surface area (Å²) >= 11 is 0. The van der Waals surface area contributed by atoms with E-state index in [1.54, 1.807) is 0 Å². The van der Waals surface area contributed by atoms with Crippen molar-refractivity contribution >= 4 is 5.91 Å². The van der Waals surface area contributed by atoms with Gasteiger partial charge in [-0.3, -0.25) is 9.69 Å². The largest absolute Gasteiger partial charge is 0.341 e. The van der Waals surface area contributed by atoms with Crippen molar-refractivity contribution in [1.82, 2.24) is 15.1 Å². The average Bonchev–Trinajstić information content (AvgIpc) is 2.40. The molecule has 0 saturated carbocycles. The van der Waals surface area contributed by atoms with E-state index in [0.717, 1.165) is 39.0 Å². The summed E-state index contributed by atoms with van der Waals surface area (Å²) in [4.78, 5) is 16.5.